The van der Waals surface area contributed by atoms with E-state index in [1.807, 2.05) is 61.5 Å². The van der Waals surface area contributed by atoms with Crippen LogP contribution in [0.25, 0.3) is 0 Å². The van der Waals surface area contributed by atoms with Crippen molar-refractivity contribution < 1.29 is 9.59 Å². The number of hydrogen-bond donors (Lipinski definition) is 2. The van der Waals surface area contributed by atoms with Crippen molar-refractivity contribution in [3.05, 3.63) is 95.6 Å². The molecular formula is C21H18N2O2. The molecule has 25 heavy (non-hydrogen) atoms. The summed E-state index contributed by atoms with van der Waals surface area (Å²) >= 11 is 0. The van der Waals surface area contributed by atoms with Crippen LogP contribution in [0.5, 0.6) is 0 Å². The summed E-state index contributed by atoms with van der Waals surface area (Å²) in [5, 5.41) is 5.70. The summed E-state index contributed by atoms with van der Waals surface area (Å²) in [5.74, 6) is -0.425. The first-order valence-corrected chi connectivity index (χ1v) is 7.97. The number of hydrogen-bond acceptors (Lipinski definition) is 2. The van der Waals surface area contributed by atoms with Crippen molar-refractivity contribution in [3.63, 3.8) is 0 Å². The third-order valence-corrected chi connectivity index (χ3v) is 3.82. The van der Waals surface area contributed by atoms with Crippen molar-refractivity contribution in [2.45, 2.75) is 6.92 Å². The Morgan fingerprint density at radius 2 is 1.28 bits per heavy atom. The molecule has 4 nitrogen and oxygen atoms in total. The Morgan fingerprint density at radius 3 is 1.96 bits per heavy atom. The Labute approximate surface area is 146 Å². The van der Waals surface area contributed by atoms with Crippen LogP contribution in [0, 0.1) is 6.92 Å². The van der Waals surface area contributed by atoms with Crippen molar-refractivity contribution in [2.75, 3.05) is 10.6 Å². The molecule has 0 atom stereocenters. The zero-order chi connectivity index (χ0) is 17.6. The smallest absolute Gasteiger partial charge is 0.255 e. The van der Waals surface area contributed by atoms with Gasteiger partial charge < -0.3 is 10.6 Å². The Hall–Kier alpha value is -3.40. The average Bonchev–Trinajstić information content (AvgIpc) is 2.65. The lowest BCUT2D eigenvalue weighted by molar-refractivity contribution is 0.101. The topological polar surface area (TPSA) is 58.2 Å². The third kappa shape index (κ3) is 4.12. The van der Waals surface area contributed by atoms with Gasteiger partial charge in [0.25, 0.3) is 11.8 Å². The molecule has 0 radical (unpaired) electrons. The minimum absolute atomic E-state index is 0.204. The van der Waals surface area contributed by atoms with Gasteiger partial charge in [-0.3, -0.25) is 9.59 Å². The second kappa shape index (κ2) is 7.45. The normalized spacial score (nSPS) is 10.1. The second-order valence-corrected chi connectivity index (χ2v) is 5.67. The molecule has 0 unspecified atom stereocenters. The molecule has 2 N–H and O–H groups in total. The fourth-order valence-electron chi connectivity index (χ4n) is 2.41. The quantitative estimate of drug-likeness (QED) is 0.740. The first-order chi connectivity index (χ1) is 12.1. The Morgan fingerprint density at radius 1 is 0.680 bits per heavy atom. The lowest BCUT2D eigenvalue weighted by Gasteiger charge is -2.11. The number of para-hydroxylation sites is 1. The van der Waals surface area contributed by atoms with Crippen LogP contribution >= 0.6 is 0 Å². The summed E-state index contributed by atoms with van der Waals surface area (Å²) in [5.41, 5.74) is 3.29. The fraction of sp³-hybridized carbons (Fsp3) is 0.0476. The van der Waals surface area contributed by atoms with Gasteiger partial charge in [0.2, 0.25) is 0 Å². The first-order valence-electron chi connectivity index (χ1n) is 7.97. The molecule has 3 aromatic carbocycles. The lowest BCUT2D eigenvalue weighted by atomic mass is 10.1. The number of benzene rings is 3. The number of aryl methyl sites for hydroxylation is 1. The van der Waals surface area contributed by atoms with Crippen LogP contribution in [0.15, 0.2) is 78.9 Å². The van der Waals surface area contributed by atoms with E-state index in [-0.39, 0.29) is 11.8 Å². The van der Waals surface area contributed by atoms with E-state index in [1.165, 1.54) is 0 Å². The van der Waals surface area contributed by atoms with E-state index in [9.17, 15) is 9.59 Å². The van der Waals surface area contributed by atoms with Gasteiger partial charge in [0.15, 0.2) is 0 Å². The molecule has 2 amide bonds. The van der Waals surface area contributed by atoms with Crippen LogP contribution < -0.4 is 10.6 Å². The minimum atomic E-state index is -0.221. The molecule has 0 saturated carbocycles. The third-order valence-electron chi connectivity index (χ3n) is 3.82. The number of anilines is 2. The molecule has 0 aliphatic rings. The van der Waals surface area contributed by atoms with Gasteiger partial charge in [-0.2, -0.15) is 0 Å². The van der Waals surface area contributed by atoms with Gasteiger partial charge in [0.1, 0.15) is 0 Å². The number of rotatable bonds is 4. The largest absolute Gasteiger partial charge is 0.322 e. The Bertz CT molecular complexity index is 890. The molecule has 0 fully saturated rings. The minimum Gasteiger partial charge on any atom is -0.322 e. The van der Waals surface area contributed by atoms with Gasteiger partial charge in [-0.25, -0.2) is 0 Å². The van der Waals surface area contributed by atoms with Gasteiger partial charge in [-0.1, -0.05) is 42.5 Å². The summed E-state index contributed by atoms with van der Waals surface area (Å²) in [6.45, 7) is 1.89. The number of carbonyl (C=O) groups is 2. The van der Waals surface area contributed by atoms with Gasteiger partial charge >= 0.3 is 0 Å². The molecule has 0 aliphatic carbocycles. The molecule has 0 saturated heterocycles. The maximum atomic E-state index is 12.4. The van der Waals surface area contributed by atoms with Crippen molar-refractivity contribution in [2.24, 2.45) is 0 Å². The number of amides is 2. The lowest BCUT2D eigenvalue weighted by Crippen LogP contribution is -2.15. The predicted molar refractivity (Wildman–Crippen MR) is 100.0 cm³/mol. The van der Waals surface area contributed by atoms with Crippen molar-refractivity contribution in [3.8, 4) is 0 Å². The predicted octanol–water partition coefficient (Wildman–Crippen LogP) is 4.50. The summed E-state index contributed by atoms with van der Waals surface area (Å²) in [6, 6.07) is 23.5. The SMILES string of the molecule is Cc1ccc(C(=O)Nc2ccccc2)cc1NC(=O)c1ccccc1. The highest BCUT2D eigenvalue weighted by molar-refractivity contribution is 6.07. The van der Waals surface area contributed by atoms with E-state index in [2.05, 4.69) is 10.6 Å². The maximum absolute atomic E-state index is 12.4. The molecular weight excluding hydrogens is 312 g/mol. The highest BCUT2D eigenvalue weighted by Crippen LogP contribution is 2.19. The maximum Gasteiger partial charge on any atom is 0.255 e. The van der Waals surface area contributed by atoms with Gasteiger partial charge in [-0.05, 0) is 48.9 Å². The molecule has 3 rings (SSSR count). The van der Waals surface area contributed by atoms with E-state index in [0.717, 1.165) is 11.3 Å². The van der Waals surface area contributed by atoms with Crippen molar-refractivity contribution in [1.29, 1.82) is 0 Å². The van der Waals surface area contributed by atoms with E-state index in [4.69, 9.17) is 0 Å². The molecule has 124 valence electrons. The molecule has 0 spiro atoms. The van der Waals surface area contributed by atoms with Crippen LogP contribution in [-0.4, -0.2) is 11.8 Å². The Balaban J connectivity index is 1.78. The van der Waals surface area contributed by atoms with E-state index >= 15 is 0 Å². The second-order valence-electron chi connectivity index (χ2n) is 5.67. The molecule has 3 aromatic rings. The van der Waals surface area contributed by atoms with Crippen LogP contribution in [0.3, 0.4) is 0 Å². The fourth-order valence-corrected chi connectivity index (χ4v) is 2.41. The van der Waals surface area contributed by atoms with Crippen LogP contribution in [-0.2, 0) is 0 Å². The van der Waals surface area contributed by atoms with Gasteiger partial charge in [-0.15, -0.1) is 0 Å². The van der Waals surface area contributed by atoms with Gasteiger partial charge in [0.05, 0.1) is 0 Å². The highest BCUT2D eigenvalue weighted by atomic mass is 16.2. The number of carbonyl (C=O) groups excluding carboxylic acids is 2. The van der Waals surface area contributed by atoms with Crippen molar-refractivity contribution >= 4 is 23.2 Å². The van der Waals surface area contributed by atoms with Crippen LogP contribution in [0.2, 0.25) is 0 Å². The number of nitrogens with one attached hydrogen (secondary N) is 2. The molecule has 0 aromatic heterocycles. The Kier molecular flexibility index (Phi) is 4.90. The van der Waals surface area contributed by atoms with Crippen LogP contribution in [0.4, 0.5) is 11.4 Å². The summed E-state index contributed by atoms with van der Waals surface area (Å²) < 4.78 is 0. The van der Waals surface area contributed by atoms with E-state index < -0.39 is 0 Å². The van der Waals surface area contributed by atoms with E-state index in [0.29, 0.717) is 16.8 Å². The molecule has 0 aliphatic heterocycles. The standard InChI is InChI=1S/C21H18N2O2/c1-15-12-13-17(21(25)22-18-10-6-3-7-11-18)14-19(15)23-20(24)16-8-4-2-5-9-16/h2-14H,1H3,(H,22,25)(H,23,24). The summed E-state index contributed by atoms with van der Waals surface area (Å²) in [4.78, 5) is 24.7. The average molecular weight is 330 g/mol. The van der Waals surface area contributed by atoms with Gasteiger partial charge in [0, 0.05) is 22.5 Å². The summed E-state index contributed by atoms with van der Waals surface area (Å²) in [6.07, 6.45) is 0. The first kappa shape index (κ1) is 16.5. The highest BCUT2D eigenvalue weighted by Gasteiger charge is 2.11. The van der Waals surface area contributed by atoms with E-state index in [1.54, 1.807) is 24.3 Å². The van der Waals surface area contributed by atoms with Crippen LogP contribution in [0.1, 0.15) is 26.3 Å². The van der Waals surface area contributed by atoms with Crippen molar-refractivity contribution in [1.82, 2.24) is 0 Å². The zero-order valence-electron chi connectivity index (χ0n) is 13.8. The molecule has 0 heterocycles. The molecule has 4 heteroatoms. The monoisotopic (exact) mass is 330 g/mol. The summed E-state index contributed by atoms with van der Waals surface area (Å²) in [7, 11) is 0. The zero-order valence-corrected chi connectivity index (χ0v) is 13.8. The molecule has 0 bridgehead atoms.